The van der Waals surface area contributed by atoms with Crippen LogP contribution in [0.3, 0.4) is 0 Å². The minimum atomic E-state index is -0.783. The van der Waals surface area contributed by atoms with Gasteiger partial charge in [0.2, 0.25) is 0 Å². The average Bonchev–Trinajstić information content (AvgIpc) is 3.40. The Morgan fingerprint density at radius 3 is 0.770 bits per heavy atom. The summed E-state index contributed by atoms with van der Waals surface area (Å²) in [5, 5.41) is 0. The van der Waals surface area contributed by atoms with E-state index in [4.69, 9.17) is 14.2 Å². The van der Waals surface area contributed by atoms with Crippen molar-refractivity contribution in [3.8, 4) is 0 Å². The van der Waals surface area contributed by atoms with Gasteiger partial charge in [-0.15, -0.1) is 0 Å². The Bertz CT molecular complexity index is 1330. The first-order valence-corrected chi connectivity index (χ1v) is 32.3. The lowest BCUT2D eigenvalue weighted by atomic mass is 10.0. The normalized spacial score (nSPS) is 12.4. The fraction of sp³-hybridized carbons (Fsp3) is 0.809. The SMILES string of the molecule is CCCCCC/C=C\C/C=C\CCCCCCCC(=O)OCC(COC(=O)CCCCCCCCCC/C=C\C/C=C\C/C=C\CCCCCCC)OC(=O)CCCCCCCCCCCCCCCCCCC. The molecule has 430 valence electrons. The van der Waals surface area contributed by atoms with Crippen molar-refractivity contribution in [2.45, 2.75) is 341 Å². The van der Waals surface area contributed by atoms with Gasteiger partial charge in [0.15, 0.2) is 6.10 Å². The minimum absolute atomic E-state index is 0.0798. The number of hydrogen-bond donors (Lipinski definition) is 0. The van der Waals surface area contributed by atoms with E-state index in [1.165, 1.54) is 199 Å². The van der Waals surface area contributed by atoms with Crippen LogP contribution in [-0.2, 0) is 28.6 Å². The molecule has 0 aromatic carbocycles. The Kier molecular flexibility index (Phi) is 60.2. The molecule has 0 radical (unpaired) electrons. The van der Waals surface area contributed by atoms with Gasteiger partial charge >= 0.3 is 17.9 Å². The van der Waals surface area contributed by atoms with Gasteiger partial charge in [-0.1, -0.05) is 287 Å². The molecule has 0 aliphatic carbocycles. The highest BCUT2D eigenvalue weighted by Gasteiger charge is 2.19. The van der Waals surface area contributed by atoms with E-state index in [1.54, 1.807) is 0 Å². The highest BCUT2D eigenvalue weighted by molar-refractivity contribution is 5.71. The molecule has 0 aromatic rings. The van der Waals surface area contributed by atoms with E-state index in [1.807, 2.05) is 0 Å². The molecule has 0 amide bonds. The molecule has 0 bridgehead atoms. The van der Waals surface area contributed by atoms with Gasteiger partial charge in [-0.2, -0.15) is 0 Å². The first-order chi connectivity index (χ1) is 36.5. The van der Waals surface area contributed by atoms with Crippen LogP contribution in [0.5, 0.6) is 0 Å². The minimum Gasteiger partial charge on any atom is -0.462 e. The van der Waals surface area contributed by atoms with E-state index in [0.29, 0.717) is 19.3 Å². The fourth-order valence-corrected chi connectivity index (χ4v) is 9.36. The summed E-state index contributed by atoms with van der Waals surface area (Å²) in [5.41, 5.74) is 0. The smallest absolute Gasteiger partial charge is 0.306 e. The molecule has 0 spiro atoms. The third kappa shape index (κ3) is 60.0. The molecular formula is C68H122O6. The lowest BCUT2D eigenvalue weighted by Crippen LogP contribution is -2.30. The first-order valence-electron chi connectivity index (χ1n) is 32.3. The summed E-state index contributed by atoms with van der Waals surface area (Å²) in [6.45, 7) is 6.64. The van der Waals surface area contributed by atoms with Gasteiger partial charge in [-0.25, -0.2) is 0 Å². The van der Waals surface area contributed by atoms with Crippen molar-refractivity contribution in [3.63, 3.8) is 0 Å². The van der Waals surface area contributed by atoms with Gasteiger partial charge in [0.05, 0.1) is 0 Å². The molecule has 74 heavy (non-hydrogen) atoms. The van der Waals surface area contributed by atoms with Gasteiger partial charge in [0.25, 0.3) is 0 Å². The average molecular weight is 1040 g/mol. The summed E-state index contributed by atoms with van der Waals surface area (Å²) in [4.78, 5) is 38.3. The van der Waals surface area contributed by atoms with Crippen molar-refractivity contribution in [2.24, 2.45) is 0 Å². The molecule has 0 fully saturated rings. The number of carbonyl (C=O) groups excluding carboxylic acids is 3. The maximum Gasteiger partial charge on any atom is 0.306 e. The highest BCUT2D eigenvalue weighted by atomic mass is 16.6. The molecule has 0 N–H and O–H groups in total. The van der Waals surface area contributed by atoms with E-state index >= 15 is 0 Å². The quantitative estimate of drug-likeness (QED) is 0.0261. The lowest BCUT2D eigenvalue weighted by molar-refractivity contribution is -0.167. The molecule has 0 saturated carbocycles. The van der Waals surface area contributed by atoms with Gasteiger partial charge in [0.1, 0.15) is 13.2 Å². The second-order valence-electron chi connectivity index (χ2n) is 21.7. The van der Waals surface area contributed by atoms with Crippen molar-refractivity contribution in [1.29, 1.82) is 0 Å². The molecule has 0 rings (SSSR count). The number of ether oxygens (including phenoxy) is 3. The summed E-state index contributed by atoms with van der Waals surface area (Å²) in [7, 11) is 0. The van der Waals surface area contributed by atoms with Crippen LogP contribution in [-0.4, -0.2) is 37.2 Å². The number of rotatable bonds is 59. The van der Waals surface area contributed by atoms with Crippen LogP contribution in [0.25, 0.3) is 0 Å². The molecule has 6 nitrogen and oxygen atoms in total. The zero-order chi connectivity index (χ0) is 53.6. The fourth-order valence-electron chi connectivity index (χ4n) is 9.36. The van der Waals surface area contributed by atoms with Crippen LogP contribution >= 0.6 is 0 Å². The molecule has 0 aromatic heterocycles. The zero-order valence-corrected chi connectivity index (χ0v) is 49.4. The van der Waals surface area contributed by atoms with Crippen LogP contribution in [0.2, 0.25) is 0 Å². The monoisotopic (exact) mass is 1030 g/mol. The van der Waals surface area contributed by atoms with Crippen molar-refractivity contribution < 1.29 is 28.6 Å². The predicted molar refractivity (Wildman–Crippen MR) is 321 cm³/mol. The number of unbranched alkanes of at least 4 members (excludes halogenated alkanes) is 38. The molecule has 0 aliphatic heterocycles. The van der Waals surface area contributed by atoms with E-state index in [0.717, 1.165) is 96.3 Å². The molecule has 0 aliphatic rings. The van der Waals surface area contributed by atoms with Crippen molar-refractivity contribution in [1.82, 2.24) is 0 Å². The Labute approximate surface area is 460 Å². The van der Waals surface area contributed by atoms with Crippen molar-refractivity contribution >= 4 is 17.9 Å². The molecule has 1 atom stereocenters. The van der Waals surface area contributed by atoms with Crippen LogP contribution in [0.4, 0.5) is 0 Å². The standard InChI is InChI=1S/C68H122O6/c1-4-7-10-13-16-19-22-25-28-31-32-33-34-35-36-38-40-43-46-49-52-55-58-61-67(70)73-64-65(63-72-66(69)60-57-54-51-48-45-42-39-30-27-24-21-18-15-12-9-6-3)74-68(71)62-59-56-53-50-47-44-41-37-29-26-23-20-17-14-11-8-5-2/h21-22,24-25,30-32,34-35,39,65H,4-20,23,26-29,33,36-38,40-64H2,1-3H3/b24-21-,25-22-,32-31-,35-34-,39-30-. The third-order valence-corrected chi connectivity index (χ3v) is 14.2. The highest BCUT2D eigenvalue weighted by Crippen LogP contribution is 2.17. The Hall–Kier alpha value is -2.89. The largest absolute Gasteiger partial charge is 0.462 e. The number of hydrogen-bond acceptors (Lipinski definition) is 6. The topological polar surface area (TPSA) is 78.9 Å². The predicted octanol–water partition coefficient (Wildman–Crippen LogP) is 21.9. The van der Waals surface area contributed by atoms with Crippen molar-refractivity contribution in [3.05, 3.63) is 60.8 Å². The van der Waals surface area contributed by atoms with E-state index in [-0.39, 0.29) is 31.1 Å². The van der Waals surface area contributed by atoms with Crippen LogP contribution in [0.1, 0.15) is 335 Å². The third-order valence-electron chi connectivity index (χ3n) is 14.2. The summed E-state index contributed by atoms with van der Waals surface area (Å²) in [6.07, 6.45) is 79.3. The molecule has 0 heterocycles. The van der Waals surface area contributed by atoms with E-state index < -0.39 is 6.10 Å². The van der Waals surface area contributed by atoms with Gasteiger partial charge in [-0.3, -0.25) is 14.4 Å². The summed E-state index contributed by atoms with van der Waals surface area (Å²) in [6, 6.07) is 0. The molecule has 6 heteroatoms. The lowest BCUT2D eigenvalue weighted by Gasteiger charge is -2.18. The Morgan fingerprint density at radius 2 is 0.486 bits per heavy atom. The van der Waals surface area contributed by atoms with Gasteiger partial charge < -0.3 is 14.2 Å². The number of esters is 3. The second kappa shape index (κ2) is 62.6. The van der Waals surface area contributed by atoms with Crippen molar-refractivity contribution in [2.75, 3.05) is 13.2 Å². The van der Waals surface area contributed by atoms with E-state index in [9.17, 15) is 14.4 Å². The maximum absolute atomic E-state index is 12.9. The first kappa shape index (κ1) is 71.1. The molecular weight excluding hydrogens is 913 g/mol. The van der Waals surface area contributed by atoms with Crippen LogP contribution in [0, 0.1) is 0 Å². The second-order valence-corrected chi connectivity index (χ2v) is 21.7. The molecule has 0 saturated heterocycles. The number of allylic oxidation sites excluding steroid dienone is 10. The van der Waals surface area contributed by atoms with Crippen LogP contribution in [0.15, 0.2) is 60.8 Å². The summed E-state index contributed by atoms with van der Waals surface area (Å²) < 4.78 is 16.9. The van der Waals surface area contributed by atoms with E-state index in [2.05, 4.69) is 81.5 Å². The summed E-state index contributed by atoms with van der Waals surface area (Å²) in [5.74, 6) is -0.881. The Balaban J connectivity index is 4.36. The summed E-state index contributed by atoms with van der Waals surface area (Å²) >= 11 is 0. The molecule has 1 unspecified atom stereocenters. The number of carbonyl (C=O) groups is 3. The van der Waals surface area contributed by atoms with Gasteiger partial charge in [-0.05, 0) is 89.9 Å². The maximum atomic E-state index is 12.9. The Morgan fingerprint density at radius 1 is 0.270 bits per heavy atom. The van der Waals surface area contributed by atoms with Gasteiger partial charge in [0, 0.05) is 19.3 Å². The van der Waals surface area contributed by atoms with Crippen LogP contribution < -0.4 is 0 Å². The zero-order valence-electron chi connectivity index (χ0n) is 49.4.